The maximum absolute atomic E-state index is 8.81. The monoisotopic (exact) mass is 186 g/mol. The third-order valence-corrected chi connectivity index (χ3v) is 2.80. The summed E-state index contributed by atoms with van der Waals surface area (Å²) in [6.07, 6.45) is 2.40. The van der Waals surface area contributed by atoms with Crippen molar-refractivity contribution < 1.29 is 0 Å². The van der Waals surface area contributed by atoms with Crippen molar-refractivity contribution in [2.45, 2.75) is 25.7 Å². The SMILES string of the molecule is CCCC1CNc2ccc(C#N)cc21. The van der Waals surface area contributed by atoms with E-state index in [1.807, 2.05) is 18.2 Å². The van der Waals surface area contributed by atoms with Crippen molar-refractivity contribution in [3.05, 3.63) is 29.3 Å². The molecule has 72 valence electrons. The Morgan fingerprint density at radius 2 is 2.43 bits per heavy atom. The summed E-state index contributed by atoms with van der Waals surface area (Å²) in [5.74, 6) is 0.600. The molecule has 1 aromatic rings. The lowest BCUT2D eigenvalue weighted by Gasteiger charge is -2.07. The first-order valence-corrected chi connectivity index (χ1v) is 5.13. The second-order valence-electron chi connectivity index (χ2n) is 3.78. The van der Waals surface area contributed by atoms with E-state index in [2.05, 4.69) is 18.3 Å². The molecule has 0 amide bonds. The van der Waals surface area contributed by atoms with Crippen LogP contribution in [0.25, 0.3) is 0 Å². The van der Waals surface area contributed by atoms with E-state index in [0.29, 0.717) is 5.92 Å². The fourth-order valence-electron chi connectivity index (χ4n) is 2.08. The van der Waals surface area contributed by atoms with E-state index in [1.165, 1.54) is 24.1 Å². The Hall–Kier alpha value is -1.49. The fourth-order valence-corrected chi connectivity index (χ4v) is 2.08. The van der Waals surface area contributed by atoms with Crippen molar-refractivity contribution in [1.29, 1.82) is 5.26 Å². The molecule has 1 unspecified atom stereocenters. The number of benzene rings is 1. The largest absolute Gasteiger partial charge is 0.384 e. The molecule has 2 heteroatoms. The molecule has 0 aliphatic carbocycles. The number of anilines is 1. The van der Waals surface area contributed by atoms with E-state index in [-0.39, 0.29) is 0 Å². The molecule has 1 aromatic carbocycles. The number of nitrogens with zero attached hydrogens (tertiary/aromatic N) is 1. The predicted octanol–water partition coefficient (Wildman–Crippen LogP) is 2.87. The quantitative estimate of drug-likeness (QED) is 0.770. The van der Waals surface area contributed by atoms with Crippen LogP contribution < -0.4 is 5.32 Å². The third-order valence-electron chi connectivity index (χ3n) is 2.80. The van der Waals surface area contributed by atoms with Crippen molar-refractivity contribution in [2.75, 3.05) is 11.9 Å². The molecule has 1 aliphatic heterocycles. The first-order chi connectivity index (χ1) is 6.85. The van der Waals surface area contributed by atoms with Crippen molar-refractivity contribution in [1.82, 2.24) is 0 Å². The summed E-state index contributed by atoms with van der Waals surface area (Å²) in [7, 11) is 0. The zero-order valence-electron chi connectivity index (χ0n) is 8.38. The van der Waals surface area contributed by atoms with E-state index in [4.69, 9.17) is 5.26 Å². The van der Waals surface area contributed by atoms with E-state index in [1.54, 1.807) is 0 Å². The summed E-state index contributed by atoms with van der Waals surface area (Å²) < 4.78 is 0. The van der Waals surface area contributed by atoms with E-state index >= 15 is 0 Å². The highest BCUT2D eigenvalue weighted by atomic mass is 14.9. The minimum absolute atomic E-state index is 0.600. The summed E-state index contributed by atoms with van der Waals surface area (Å²) in [6, 6.07) is 8.11. The number of rotatable bonds is 2. The number of nitrogens with one attached hydrogen (secondary N) is 1. The van der Waals surface area contributed by atoms with E-state index in [9.17, 15) is 0 Å². The molecule has 1 heterocycles. The molecule has 0 spiro atoms. The Morgan fingerprint density at radius 3 is 3.14 bits per heavy atom. The van der Waals surface area contributed by atoms with Gasteiger partial charge in [-0.15, -0.1) is 0 Å². The van der Waals surface area contributed by atoms with Gasteiger partial charge in [0.05, 0.1) is 11.6 Å². The summed E-state index contributed by atoms with van der Waals surface area (Å²) in [6.45, 7) is 3.23. The Bertz CT molecular complexity index is 374. The van der Waals surface area contributed by atoms with Crippen LogP contribution in [0.1, 0.15) is 36.8 Å². The Kier molecular flexibility index (Phi) is 2.41. The standard InChI is InChI=1S/C12H14N2/c1-2-3-10-8-14-12-5-4-9(7-13)6-11(10)12/h4-6,10,14H,2-3,8H2,1H3. The molecule has 0 aromatic heterocycles. The minimum Gasteiger partial charge on any atom is -0.384 e. The lowest BCUT2D eigenvalue weighted by Crippen LogP contribution is -2.00. The smallest absolute Gasteiger partial charge is 0.0991 e. The summed E-state index contributed by atoms with van der Waals surface area (Å²) in [5.41, 5.74) is 3.31. The van der Waals surface area contributed by atoms with Crippen LogP contribution in [-0.4, -0.2) is 6.54 Å². The predicted molar refractivity (Wildman–Crippen MR) is 57.3 cm³/mol. The second-order valence-corrected chi connectivity index (χ2v) is 3.78. The molecule has 0 saturated carbocycles. The molecule has 0 fully saturated rings. The molecular weight excluding hydrogens is 172 g/mol. The van der Waals surface area contributed by atoms with Gasteiger partial charge in [0.1, 0.15) is 0 Å². The van der Waals surface area contributed by atoms with Gasteiger partial charge < -0.3 is 5.32 Å². The average molecular weight is 186 g/mol. The van der Waals surface area contributed by atoms with Gasteiger partial charge in [0, 0.05) is 18.2 Å². The van der Waals surface area contributed by atoms with Crippen molar-refractivity contribution in [3.8, 4) is 6.07 Å². The average Bonchev–Trinajstić information content (AvgIpc) is 2.61. The topological polar surface area (TPSA) is 35.8 Å². The molecule has 2 rings (SSSR count). The van der Waals surface area contributed by atoms with Crippen LogP contribution in [0.5, 0.6) is 0 Å². The molecule has 1 N–H and O–H groups in total. The number of hydrogen-bond acceptors (Lipinski definition) is 2. The van der Waals surface area contributed by atoms with Crippen LogP contribution in [0.15, 0.2) is 18.2 Å². The van der Waals surface area contributed by atoms with Gasteiger partial charge in [0.15, 0.2) is 0 Å². The van der Waals surface area contributed by atoms with Crippen LogP contribution in [0.2, 0.25) is 0 Å². The van der Waals surface area contributed by atoms with Crippen LogP contribution in [-0.2, 0) is 0 Å². The van der Waals surface area contributed by atoms with Crippen molar-refractivity contribution in [2.24, 2.45) is 0 Å². The number of nitriles is 1. The van der Waals surface area contributed by atoms with Gasteiger partial charge in [-0.3, -0.25) is 0 Å². The van der Waals surface area contributed by atoms with E-state index in [0.717, 1.165) is 12.1 Å². The number of fused-ring (bicyclic) bond motifs is 1. The third kappa shape index (κ3) is 1.46. The van der Waals surface area contributed by atoms with Gasteiger partial charge in [-0.2, -0.15) is 5.26 Å². The molecule has 1 atom stereocenters. The Labute approximate surface area is 84.6 Å². The summed E-state index contributed by atoms with van der Waals surface area (Å²) in [5, 5.41) is 12.2. The van der Waals surface area contributed by atoms with Gasteiger partial charge in [0.25, 0.3) is 0 Å². The van der Waals surface area contributed by atoms with Gasteiger partial charge in [0.2, 0.25) is 0 Å². The highest BCUT2D eigenvalue weighted by Gasteiger charge is 2.21. The summed E-state index contributed by atoms with van der Waals surface area (Å²) in [4.78, 5) is 0. The second kappa shape index (κ2) is 3.71. The molecule has 1 aliphatic rings. The summed E-state index contributed by atoms with van der Waals surface area (Å²) >= 11 is 0. The van der Waals surface area contributed by atoms with Gasteiger partial charge >= 0.3 is 0 Å². The van der Waals surface area contributed by atoms with Crippen LogP contribution in [0, 0.1) is 11.3 Å². The number of hydrogen-bond donors (Lipinski definition) is 1. The van der Waals surface area contributed by atoms with Crippen LogP contribution in [0.4, 0.5) is 5.69 Å². The van der Waals surface area contributed by atoms with Gasteiger partial charge in [-0.1, -0.05) is 13.3 Å². The van der Waals surface area contributed by atoms with Crippen molar-refractivity contribution >= 4 is 5.69 Å². The zero-order valence-corrected chi connectivity index (χ0v) is 8.38. The Balaban J connectivity index is 2.33. The first-order valence-electron chi connectivity index (χ1n) is 5.13. The van der Waals surface area contributed by atoms with Gasteiger partial charge in [-0.05, 0) is 30.2 Å². The Morgan fingerprint density at radius 1 is 1.57 bits per heavy atom. The molecule has 2 nitrogen and oxygen atoms in total. The van der Waals surface area contributed by atoms with Crippen LogP contribution in [0.3, 0.4) is 0 Å². The normalized spacial score (nSPS) is 18.4. The first kappa shape index (κ1) is 9.08. The highest BCUT2D eigenvalue weighted by Crippen LogP contribution is 2.34. The van der Waals surface area contributed by atoms with Crippen molar-refractivity contribution in [3.63, 3.8) is 0 Å². The van der Waals surface area contributed by atoms with Crippen LogP contribution >= 0.6 is 0 Å². The molecule has 0 radical (unpaired) electrons. The molecule has 0 bridgehead atoms. The molecule has 0 saturated heterocycles. The maximum Gasteiger partial charge on any atom is 0.0991 e. The minimum atomic E-state index is 0.600. The lowest BCUT2D eigenvalue weighted by molar-refractivity contribution is 0.661. The zero-order chi connectivity index (χ0) is 9.97. The fraction of sp³-hybridized carbons (Fsp3) is 0.417. The molecular formula is C12H14N2. The maximum atomic E-state index is 8.81. The molecule has 14 heavy (non-hydrogen) atoms. The lowest BCUT2D eigenvalue weighted by atomic mass is 9.95. The highest BCUT2D eigenvalue weighted by molar-refractivity contribution is 5.60. The van der Waals surface area contributed by atoms with E-state index < -0.39 is 0 Å². The van der Waals surface area contributed by atoms with Gasteiger partial charge in [-0.25, -0.2) is 0 Å².